The van der Waals surface area contributed by atoms with Gasteiger partial charge in [-0.1, -0.05) is 13.0 Å². The molecule has 0 amide bonds. The van der Waals surface area contributed by atoms with Gasteiger partial charge in [0.1, 0.15) is 11.6 Å². The van der Waals surface area contributed by atoms with E-state index in [2.05, 4.69) is 12.2 Å². The third kappa shape index (κ3) is 2.97. The predicted octanol–water partition coefficient (Wildman–Crippen LogP) is 3.14. The molecular formula is C14H20FNO. The van der Waals surface area contributed by atoms with Crippen molar-refractivity contribution in [1.82, 2.24) is 5.32 Å². The first-order valence-corrected chi connectivity index (χ1v) is 6.18. The summed E-state index contributed by atoms with van der Waals surface area (Å²) in [6.07, 6.45) is 1.30. The fourth-order valence-electron chi connectivity index (χ4n) is 2.11. The summed E-state index contributed by atoms with van der Waals surface area (Å²) in [5, 5.41) is 3.39. The van der Waals surface area contributed by atoms with Crippen molar-refractivity contribution in [3.63, 3.8) is 0 Å². The van der Waals surface area contributed by atoms with E-state index in [1.54, 1.807) is 19.2 Å². The molecule has 1 saturated carbocycles. The van der Waals surface area contributed by atoms with Crippen LogP contribution in [0.2, 0.25) is 0 Å². The number of ether oxygens (including phenoxy) is 1. The number of hydrogen-bond acceptors (Lipinski definition) is 2. The van der Waals surface area contributed by atoms with E-state index in [-0.39, 0.29) is 11.9 Å². The maximum Gasteiger partial charge on any atom is 0.131 e. The van der Waals surface area contributed by atoms with Gasteiger partial charge in [-0.25, -0.2) is 4.39 Å². The Morgan fingerprint density at radius 1 is 1.53 bits per heavy atom. The first-order chi connectivity index (χ1) is 8.11. The fraction of sp³-hybridized carbons (Fsp3) is 0.571. The standard InChI is InChI=1S/C14H20FNO/c1-9-6-11(9)8-16-10(2)13-5-4-12(17-3)7-14(13)15/h4-5,7,9-11,16H,6,8H2,1-3H3. The van der Waals surface area contributed by atoms with Crippen molar-refractivity contribution in [2.75, 3.05) is 13.7 Å². The van der Waals surface area contributed by atoms with Crippen LogP contribution in [0.15, 0.2) is 18.2 Å². The van der Waals surface area contributed by atoms with Crippen LogP contribution in [0.3, 0.4) is 0 Å². The van der Waals surface area contributed by atoms with Gasteiger partial charge in [-0.05, 0) is 37.8 Å². The molecule has 2 nitrogen and oxygen atoms in total. The first-order valence-electron chi connectivity index (χ1n) is 6.18. The number of halogens is 1. The molecule has 0 heterocycles. The highest BCUT2D eigenvalue weighted by Crippen LogP contribution is 2.37. The Labute approximate surface area is 102 Å². The molecule has 1 aliphatic carbocycles. The van der Waals surface area contributed by atoms with Gasteiger partial charge in [-0.15, -0.1) is 0 Å². The highest BCUT2D eigenvalue weighted by molar-refractivity contribution is 5.30. The van der Waals surface area contributed by atoms with Crippen molar-refractivity contribution in [2.45, 2.75) is 26.3 Å². The van der Waals surface area contributed by atoms with Gasteiger partial charge < -0.3 is 10.1 Å². The maximum atomic E-state index is 13.8. The lowest BCUT2D eigenvalue weighted by Crippen LogP contribution is -2.22. The molecule has 1 aromatic rings. The normalized spacial score (nSPS) is 24.5. The van der Waals surface area contributed by atoms with Crippen LogP contribution in [0.25, 0.3) is 0 Å². The topological polar surface area (TPSA) is 21.3 Å². The average Bonchev–Trinajstić information content (AvgIpc) is 3.02. The van der Waals surface area contributed by atoms with Gasteiger partial charge in [-0.2, -0.15) is 0 Å². The highest BCUT2D eigenvalue weighted by Gasteiger charge is 2.32. The summed E-state index contributed by atoms with van der Waals surface area (Å²) in [6.45, 7) is 5.23. The molecule has 0 aromatic heterocycles. The van der Waals surface area contributed by atoms with Crippen LogP contribution in [0, 0.1) is 17.7 Å². The molecule has 0 bridgehead atoms. The zero-order valence-corrected chi connectivity index (χ0v) is 10.7. The second-order valence-electron chi connectivity index (χ2n) is 4.99. The predicted molar refractivity (Wildman–Crippen MR) is 66.6 cm³/mol. The largest absolute Gasteiger partial charge is 0.497 e. The molecule has 2 rings (SSSR count). The van der Waals surface area contributed by atoms with Crippen molar-refractivity contribution in [1.29, 1.82) is 0 Å². The van der Waals surface area contributed by atoms with Gasteiger partial charge in [-0.3, -0.25) is 0 Å². The van der Waals surface area contributed by atoms with Gasteiger partial charge >= 0.3 is 0 Å². The quantitative estimate of drug-likeness (QED) is 0.849. The van der Waals surface area contributed by atoms with Gasteiger partial charge in [0.25, 0.3) is 0 Å². The van der Waals surface area contributed by atoms with Crippen LogP contribution in [-0.2, 0) is 0 Å². The molecule has 3 heteroatoms. The molecule has 1 aromatic carbocycles. The Bertz CT molecular complexity index is 394. The van der Waals surface area contributed by atoms with Crippen LogP contribution in [0.1, 0.15) is 31.9 Å². The van der Waals surface area contributed by atoms with E-state index in [0.29, 0.717) is 11.3 Å². The first kappa shape index (κ1) is 12.4. The summed E-state index contributed by atoms with van der Waals surface area (Å²) in [5.74, 6) is 1.97. The molecule has 17 heavy (non-hydrogen) atoms. The van der Waals surface area contributed by atoms with Crippen LogP contribution < -0.4 is 10.1 Å². The summed E-state index contributed by atoms with van der Waals surface area (Å²) in [5.41, 5.74) is 0.708. The average molecular weight is 237 g/mol. The van der Waals surface area contributed by atoms with E-state index in [4.69, 9.17) is 4.74 Å². The number of benzene rings is 1. The Hall–Kier alpha value is -1.09. The third-order valence-electron chi connectivity index (χ3n) is 3.64. The van der Waals surface area contributed by atoms with E-state index in [9.17, 15) is 4.39 Å². The molecule has 3 unspecified atom stereocenters. The highest BCUT2D eigenvalue weighted by atomic mass is 19.1. The minimum Gasteiger partial charge on any atom is -0.497 e. The second-order valence-corrected chi connectivity index (χ2v) is 4.99. The number of rotatable bonds is 5. The van der Waals surface area contributed by atoms with E-state index >= 15 is 0 Å². The zero-order valence-electron chi connectivity index (χ0n) is 10.7. The Morgan fingerprint density at radius 3 is 2.76 bits per heavy atom. The lowest BCUT2D eigenvalue weighted by Gasteiger charge is -2.15. The Morgan fingerprint density at radius 2 is 2.24 bits per heavy atom. The molecular weight excluding hydrogens is 217 g/mol. The molecule has 3 atom stereocenters. The minimum atomic E-state index is -0.201. The Kier molecular flexibility index (Phi) is 3.67. The lowest BCUT2D eigenvalue weighted by molar-refractivity contribution is 0.409. The Balaban J connectivity index is 1.95. The fourth-order valence-corrected chi connectivity index (χ4v) is 2.11. The van der Waals surface area contributed by atoms with E-state index < -0.39 is 0 Å². The van der Waals surface area contributed by atoms with Crippen LogP contribution in [-0.4, -0.2) is 13.7 Å². The summed E-state index contributed by atoms with van der Waals surface area (Å²) in [4.78, 5) is 0. The van der Waals surface area contributed by atoms with Gasteiger partial charge in [0.2, 0.25) is 0 Å². The van der Waals surface area contributed by atoms with E-state index in [1.807, 2.05) is 6.92 Å². The summed E-state index contributed by atoms with van der Waals surface area (Å²) < 4.78 is 18.8. The van der Waals surface area contributed by atoms with Crippen molar-refractivity contribution in [3.8, 4) is 5.75 Å². The molecule has 1 fully saturated rings. The smallest absolute Gasteiger partial charge is 0.131 e. The van der Waals surface area contributed by atoms with Crippen molar-refractivity contribution in [3.05, 3.63) is 29.6 Å². The number of nitrogens with one attached hydrogen (secondary N) is 1. The van der Waals surface area contributed by atoms with Crippen LogP contribution in [0.5, 0.6) is 5.75 Å². The summed E-state index contributed by atoms with van der Waals surface area (Å²) >= 11 is 0. The second kappa shape index (κ2) is 5.05. The summed E-state index contributed by atoms with van der Waals surface area (Å²) in [7, 11) is 1.55. The third-order valence-corrected chi connectivity index (χ3v) is 3.64. The van der Waals surface area contributed by atoms with Crippen molar-refractivity contribution in [2.24, 2.45) is 11.8 Å². The van der Waals surface area contributed by atoms with Crippen molar-refractivity contribution >= 4 is 0 Å². The molecule has 0 spiro atoms. The van der Waals surface area contributed by atoms with Gasteiger partial charge in [0, 0.05) is 17.7 Å². The SMILES string of the molecule is COc1ccc(C(C)NCC2CC2C)c(F)c1. The van der Waals surface area contributed by atoms with Gasteiger partial charge in [0.05, 0.1) is 7.11 Å². The molecule has 1 aliphatic rings. The summed E-state index contributed by atoms with van der Waals surface area (Å²) in [6, 6.07) is 5.08. The van der Waals surface area contributed by atoms with Crippen LogP contribution in [0.4, 0.5) is 4.39 Å². The zero-order chi connectivity index (χ0) is 12.4. The number of methoxy groups -OCH3 is 1. The maximum absolute atomic E-state index is 13.8. The van der Waals surface area contributed by atoms with Gasteiger partial charge in [0.15, 0.2) is 0 Å². The molecule has 94 valence electrons. The molecule has 1 N–H and O–H groups in total. The van der Waals surface area contributed by atoms with Crippen LogP contribution >= 0.6 is 0 Å². The monoisotopic (exact) mass is 237 g/mol. The molecule has 0 saturated heterocycles. The molecule has 0 radical (unpaired) electrons. The van der Waals surface area contributed by atoms with Crippen molar-refractivity contribution < 1.29 is 9.13 Å². The van der Waals surface area contributed by atoms with E-state index in [0.717, 1.165) is 18.4 Å². The van der Waals surface area contributed by atoms with E-state index in [1.165, 1.54) is 12.5 Å². The number of hydrogen-bond donors (Lipinski definition) is 1. The minimum absolute atomic E-state index is 0.0497. The lowest BCUT2D eigenvalue weighted by atomic mass is 10.1. The molecule has 0 aliphatic heterocycles.